The molecule has 1 aliphatic carbocycles. The molecule has 4 rings (SSSR count). The van der Waals surface area contributed by atoms with Crippen LogP contribution in [0.15, 0.2) is 71.7 Å². The Morgan fingerprint density at radius 3 is 2.33 bits per heavy atom. The average molecular weight is 422 g/mol. The van der Waals surface area contributed by atoms with Crippen LogP contribution in [0.2, 0.25) is 0 Å². The number of nitrogens with one attached hydrogen (secondary N) is 1. The minimum atomic E-state index is -0.429. The highest BCUT2D eigenvalue weighted by atomic mass is 79.9. The summed E-state index contributed by atoms with van der Waals surface area (Å²) < 4.78 is 0.902. The van der Waals surface area contributed by atoms with E-state index < -0.39 is 5.41 Å². The Hall–Kier alpha value is -2.53. The molecule has 2 heterocycles. The lowest BCUT2D eigenvalue weighted by Crippen LogP contribution is -2.36. The van der Waals surface area contributed by atoms with Gasteiger partial charge >= 0.3 is 0 Å². The number of amides is 1. The van der Waals surface area contributed by atoms with E-state index in [1.165, 1.54) is 0 Å². The third-order valence-corrected chi connectivity index (χ3v) is 5.65. The summed E-state index contributed by atoms with van der Waals surface area (Å²) in [4.78, 5) is 21.2. The molecule has 1 unspecified atom stereocenters. The number of benzene rings is 1. The highest BCUT2D eigenvalue weighted by Gasteiger charge is 2.51. The Morgan fingerprint density at radius 1 is 1.04 bits per heavy atom. The lowest BCUT2D eigenvalue weighted by Gasteiger charge is -2.20. The number of rotatable bonds is 5. The second-order valence-corrected chi connectivity index (χ2v) is 7.94. The highest BCUT2D eigenvalue weighted by molar-refractivity contribution is 9.10. The van der Waals surface area contributed by atoms with Gasteiger partial charge < -0.3 is 5.32 Å². The smallest absolute Gasteiger partial charge is 0.231 e. The van der Waals surface area contributed by atoms with Gasteiger partial charge in [0.2, 0.25) is 5.91 Å². The molecule has 4 nitrogen and oxygen atoms in total. The highest BCUT2D eigenvalue weighted by Crippen LogP contribution is 2.49. The zero-order chi connectivity index (χ0) is 18.9. The SMILES string of the molecule is CC(NC(=O)C1(c2cncc(Br)c2)CC1)c1ccc(-c2ccncc2)cc1. The van der Waals surface area contributed by atoms with Crippen LogP contribution in [0, 0.1) is 0 Å². The third kappa shape index (κ3) is 3.65. The van der Waals surface area contributed by atoms with E-state index in [1.807, 2.05) is 25.1 Å². The van der Waals surface area contributed by atoms with E-state index in [9.17, 15) is 4.79 Å². The van der Waals surface area contributed by atoms with Crippen LogP contribution in [-0.2, 0) is 10.2 Å². The normalized spacial score (nSPS) is 15.8. The van der Waals surface area contributed by atoms with Gasteiger partial charge in [-0.05, 0) is 76.1 Å². The van der Waals surface area contributed by atoms with Crippen LogP contribution in [0.1, 0.15) is 36.9 Å². The van der Waals surface area contributed by atoms with Crippen molar-refractivity contribution < 1.29 is 4.79 Å². The third-order valence-electron chi connectivity index (χ3n) is 5.21. The molecule has 0 bridgehead atoms. The fourth-order valence-electron chi connectivity index (χ4n) is 3.37. The molecule has 136 valence electrons. The molecule has 0 aliphatic heterocycles. The molecule has 1 N–H and O–H groups in total. The van der Waals surface area contributed by atoms with Crippen molar-refractivity contribution in [3.63, 3.8) is 0 Å². The first-order chi connectivity index (χ1) is 13.1. The van der Waals surface area contributed by atoms with Gasteiger partial charge in [0.05, 0.1) is 11.5 Å². The van der Waals surface area contributed by atoms with E-state index in [0.717, 1.165) is 39.6 Å². The summed E-state index contributed by atoms with van der Waals surface area (Å²) in [5, 5.41) is 3.18. The minimum absolute atomic E-state index is 0.0541. The Kier molecular flexibility index (Phi) is 4.79. The number of pyridine rings is 2. The molecular formula is C22H20BrN3O. The fraction of sp³-hybridized carbons (Fsp3) is 0.227. The van der Waals surface area contributed by atoms with Crippen molar-refractivity contribution in [2.24, 2.45) is 0 Å². The van der Waals surface area contributed by atoms with Crippen LogP contribution in [0.3, 0.4) is 0 Å². The van der Waals surface area contributed by atoms with Crippen molar-refractivity contribution in [3.8, 4) is 11.1 Å². The fourth-order valence-corrected chi connectivity index (χ4v) is 3.74. The summed E-state index contributed by atoms with van der Waals surface area (Å²) in [5.41, 5.74) is 3.91. The van der Waals surface area contributed by atoms with E-state index in [0.29, 0.717) is 0 Å². The Balaban J connectivity index is 1.47. The van der Waals surface area contributed by atoms with Crippen molar-refractivity contribution in [1.29, 1.82) is 0 Å². The molecule has 0 radical (unpaired) electrons. The van der Waals surface area contributed by atoms with Gasteiger partial charge in [-0.3, -0.25) is 14.8 Å². The van der Waals surface area contributed by atoms with Gasteiger partial charge in [-0.2, -0.15) is 0 Å². The minimum Gasteiger partial charge on any atom is -0.349 e. The first-order valence-corrected chi connectivity index (χ1v) is 9.80. The van der Waals surface area contributed by atoms with E-state index >= 15 is 0 Å². The van der Waals surface area contributed by atoms with E-state index in [4.69, 9.17) is 0 Å². The molecule has 1 aliphatic rings. The maximum absolute atomic E-state index is 13.0. The van der Waals surface area contributed by atoms with Gasteiger partial charge in [-0.1, -0.05) is 24.3 Å². The van der Waals surface area contributed by atoms with Crippen LogP contribution in [0.4, 0.5) is 0 Å². The topological polar surface area (TPSA) is 54.9 Å². The summed E-state index contributed by atoms with van der Waals surface area (Å²) in [7, 11) is 0. The van der Waals surface area contributed by atoms with Gasteiger partial charge in [0.1, 0.15) is 0 Å². The van der Waals surface area contributed by atoms with E-state index in [1.54, 1.807) is 24.8 Å². The standard InChI is InChI=1S/C22H20BrN3O/c1-15(16-2-4-17(5-3-16)18-6-10-24-11-7-18)26-21(27)22(8-9-22)19-12-20(23)14-25-13-19/h2-7,10-15H,8-9H2,1H3,(H,26,27). The van der Waals surface area contributed by atoms with Crippen LogP contribution in [0.5, 0.6) is 0 Å². The first-order valence-electron chi connectivity index (χ1n) is 9.01. The van der Waals surface area contributed by atoms with Crippen molar-refractivity contribution in [1.82, 2.24) is 15.3 Å². The number of carbonyl (C=O) groups is 1. The number of hydrogen-bond donors (Lipinski definition) is 1. The molecule has 0 spiro atoms. The number of nitrogens with zero attached hydrogens (tertiary/aromatic N) is 2. The predicted molar refractivity (Wildman–Crippen MR) is 109 cm³/mol. The lowest BCUT2D eigenvalue weighted by molar-refractivity contribution is -0.124. The second-order valence-electron chi connectivity index (χ2n) is 7.03. The summed E-state index contributed by atoms with van der Waals surface area (Å²) >= 11 is 3.45. The van der Waals surface area contributed by atoms with Crippen LogP contribution < -0.4 is 5.32 Å². The monoisotopic (exact) mass is 421 g/mol. The maximum atomic E-state index is 13.0. The summed E-state index contributed by atoms with van der Waals surface area (Å²) in [5.74, 6) is 0.0770. The largest absolute Gasteiger partial charge is 0.349 e. The van der Waals surface area contributed by atoms with Gasteiger partial charge in [0, 0.05) is 29.3 Å². The number of hydrogen-bond acceptors (Lipinski definition) is 3. The van der Waals surface area contributed by atoms with Crippen LogP contribution in [0.25, 0.3) is 11.1 Å². The van der Waals surface area contributed by atoms with Crippen molar-refractivity contribution in [2.45, 2.75) is 31.2 Å². The zero-order valence-electron chi connectivity index (χ0n) is 15.0. The van der Waals surface area contributed by atoms with Gasteiger partial charge in [-0.25, -0.2) is 0 Å². The van der Waals surface area contributed by atoms with Crippen molar-refractivity contribution in [2.75, 3.05) is 0 Å². The average Bonchev–Trinajstić information content (AvgIpc) is 3.51. The zero-order valence-corrected chi connectivity index (χ0v) is 16.6. The molecule has 0 saturated heterocycles. The van der Waals surface area contributed by atoms with Gasteiger partial charge in [-0.15, -0.1) is 0 Å². The predicted octanol–water partition coefficient (Wildman–Crippen LogP) is 4.82. The van der Waals surface area contributed by atoms with E-state index in [-0.39, 0.29) is 11.9 Å². The maximum Gasteiger partial charge on any atom is 0.231 e. The molecule has 1 fully saturated rings. The van der Waals surface area contributed by atoms with Crippen LogP contribution >= 0.6 is 15.9 Å². The molecule has 1 atom stereocenters. The number of aromatic nitrogens is 2. The first kappa shape index (κ1) is 17.9. The Bertz CT molecular complexity index is 953. The van der Waals surface area contributed by atoms with Gasteiger partial charge in [0.25, 0.3) is 0 Å². The molecule has 27 heavy (non-hydrogen) atoms. The van der Waals surface area contributed by atoms with Gasteiger partial charge in [0.15, 0.2) is 0 Å². The lowest BCUT2D eigenvalue weighted by atomic mass is 9.95. The Morgan fingerprint density at radius 2 is 1.70 bits per heavy atom. The molecule has 1 saturated carbocycles. The summed E-state index contributed by atoms with van der Waals surface area (Å²) in [6, 6.07) is 14.2. The summed E-state index contributed by atoms with van der Waals surface area (Å²) in [6.07, 6.45) is 8.85. The Labute approximate surface area is 167 Å². The molecule has 3 aromatic rings. The molecule has 5 heteroatoms. The number of halogens is 1. The second kappa shape index (κ2) is 7.24. The quantitative estimate of drug-likeness (QED) is 0.642. The molecule has 2 aromatic heterocycles. The van der Waals surface area contributed by atoms with Crippen molar-refractivity contribution >= 4 is 21.8 Å². The van der Waals surface area contributed by atoms with Crippen molar-refractivity contribution in [3.05, 3.63) is 82.9 Å². The van der Waals surface area contributed by atoms with E-state index in [2.05, 4.69) is 55.5 Å². The molecule has 1 amide bonds. The van der Waals surface area contributed by atoms with Crippen LogP contribution in [-0.4, -0.2) is 15.9 Å². The summed E-state index contributed by atoms with van der Waals surface area (Å²) in [6.45, 7) is 2.02. The molecular weight excluding hydrogens is 402 g/mol. The molecule has 1 aromatic carbocycles. The number of carbonyl (C=O) groups excluding carboxylic acids is 1.